The van der Waals surface area contributed by atoms with Crippen molar-refractivity contribution in [2.45, 2.75) is 19.9 Å². The highest BCUT2D eigenvalue weighted by Gasteiger charge is 2.08. The lowest BCUT2D eigenvalue weighted by Gasteiger charge is -2.20. The first-order valence-electron chi connectivity index (χ1n) is 6.36. The molecule has 0 atom stereocenters. The van der Waals surface area contributed by atoms with E-state index in [-0.39, 0.29) is 5.84 Å². The number of nitrogens with one attached hydrogen (secondary N) is 1. The minimum absolute atomic E-state index is 0.228. The van der Waals surface area contributed by atoms with E-state index in [0.717, 1.165) is 36.7 Å². The standard InChI is InChI=1S/C14H23N3O2/c1-4-17(8-7-14(15)16)10-11-5-6-12(18-2)13(9-11)19-3/h5-6,9H,4,7-8,10H2,1-3H3,(H3,15,16). The van der Waals surface area contributed by atoms with Crippen LogP contribution in [0.3, 0.4) is 0 Å². The second kappa shape index (κ2) is 7.63. The monoisotopic (exact) mass is 265 g/mol. The Hall–Kier alpha value is -1.75. The van der Waals surface area contributed by atoms with Crippen molar-refractivity contribution >= 4 is 5.84 Å². The lowest BCUT2D eigenvalue weighted by atomic mass is 10.2. The van der Waals surface area contributed by atoms with Gasteiger partial charge in [-0.15, -0.1) is 0 Å². The zero-order valence-corrected chi connectivity index (χ0v) is 11.9. The Labute approximate surface area is 114 Å². The average molecular weight is 265 g/mol. The molecule has 0 unspecified atom stereocenters. The molecule has 0 heterocycles. The van der Waals surface area contributed by atoms with E-state index in [9.17, 15) is 0 Å². The van der Waals surface area contributed by atoms with Crippen molar-refractivity contribution in [2.75, 3.05) is 27.3 Å². The number of benzene rings is 1. The van der Waals surface area contributed by atoms with E-state index < -0.39 is 0 Å². The van der Waals surface area contributed by atoms with E-state index >= 15 is 0 Å². The van der Waals surface area contributed by atoms with Gasteiger partial charge in [-0.05, 0) is 24.2 Å². The molecule has 0 saturated carbocycles. The average Bonchev–Trinajstić information content (AvgIpc) is 2.42. The van der Waals surface area contributed by atoms with E-state index in [1.165, 1.54) is 0 Å². The highest BCUT2D eigenvalue weighted by Crippen LogP contribution is 2.27. The molecule has 0 spiro atoms. The number of nitrogens with zero attached hydrogens (tertiary/aromatic N) is 1. The Morgan fingerprint density at radius 1 is 1.26 bits per heavy atom. The fraction of sp³-hybridized carbons (Fsp3) is 0.500. The summed E-state index contributed by atoms with van der Waals surface area (Å²) >= 11 is 0. The Morgan fingerprint density at radius 3 is 2.47 bits per heavy atom. The number of rotatable bonds is 8. The molecule has 5 heteroatoms. The fourth-order valence-electron chi connectivity index (χ4n) is 1.86. The summed E-state index contributed by atoms with van der Waals surface area (Å²) in [6, 6.07) is 5.92. The van der Waals surface area contributed by atoms with Crippen LogP contribution in [0, 0.1) is 5.41 Å². The summed E-state index contributed by atoms with van der Waals surface area (Å²) in [5.74, 6) is 1.70. The lowest BCUT2D eigenvalue weighted by molar-refractivity contribution is 0.287. The molecule has 0 radical (unpaired) electrons. The van der Waals surface area contributed by atoms with E-state index in [4.69, 9.17) is 20.6 Å². The van der Waals surface area contributed by atoms with Crippen LogP contribution in [-0.4, -0.2) is 38.0 Å². The van der Waals surface area contributed by atoms with Crippen molar-refractivity contribution in [2.24, 2.45) is 5.73 Å². The summed E-state index contributed by atoms with van der Waals surface area (Å²) in [5.41, 5.74) is 6.55. The number of methoxy groups -OCH3 is 2. The zero-order chi connectivity index (χ0) is 14.3. The van der Waals surface area contributed by atoms with Crippen LogP contribution in [0.4, 0.5) is 0 Å². The van der Waals surface area contributed by atoms with Gasteiger partial charge in [0.15, 0.2) is 11.5 Å². The van der Waals surface area contributed by atoms with Gasteiger partial charge >= 0.3 is 0 Å². The first-order chi connectivity index (χ1) is 9.10. The minimum Gasteiger partial charge on any atom is -0.493 e. The molecule has 106 valence electrons. The molecule has 0 fully saturated rings. The summed E-state index contributed by atoms with van der Waals surface area (Å²) in [6.07, 6.45) is 0.598. The van der Waals surface area contributed by atoms with Crippen LogP contribution in [0.15, 0.2) is 18.2 Å². The summed E-state index contributed by atoms with van der Waals surface area (Å²) in [7, 11) is 3.26. The van der Waals surface area contributed by atoms with Gasteiger partial charge in [-0.25, -0.2) is 0 Å². The number of ether oxygens (including phenoxy) is 2. The van der Waals surface area contributed by atoms with Crippen molar-refractivity contribution < 1.29 is 9.47 Å². The van der Waals surface area contributed by atoms with Crippen molar-refractivity contribution in [3.8, 4) is 11.5 Å². The smallest absolute Gasteiger partial charge is 0.161 e. The Bertz CT molecular complexity index is 421. The maximum atomic E-state index is 7.27. The molecule has 5 nitrogen and oxygen atoms in total. The summed E-state index contributed by atoms with van der Waals surface area (Å²) in [5, 5.41) is 7.27. The van der Waals surface area contributed by atoms with Gasteiger partial charge in [0.2, 0.25) is 0 Å². The van der Waals surface area contributed by atoms with Crippen LogP contribution < -0.4 is 15.2 Å². The van der Waals surface area contributed by atoms with Crippen molar-refractivity contribution in [1.82, 2.24) is 4.90 Å². The van der Waals surface area contributed by atoms with Gasteiger partial charge in [0, 0.05) is 19.5 Å². The normalized spacial score (nSPS) is 10.5. The Kier molecular flexibility index (Phi) is 6.15. The van der Waals surface area contributed by atoms with Gasteiger partial charge in [0.05, 0.1) is 20.1 Å². The largest absolute Gasteiger partial charge is 0.493 e. The molecule has 0 aliphatic carbocycles. The van der Waals surface area contributed by atoms with Crippen LogP contribution in [-0.2, 0) is 6.54 Å². The topological polar surface area (TPSA) is 71.6 Å². The third-order valence-corrected chi connectivity index (χ3v) is 3.00. The van der Waals surface area contributed by atoms with Gasteiger partial charge in [-0.2, -0.15) is 0 Å². The molecule has 19 heavy (non-hydrogen) atoms. The minimum atomic E-state index is 0.228. The first-order valence-corrected chi connectivity index (χ1v) is 6.36. The third kappa shape index (κ3) is 4.79. The molecule has 0 aromatic heterocycles. The quantitative estimate of drug-likeness (QED) is 0.556. The summed E-state index contributed by atoms with van der Waals surface area (Å²) in [6.45, 7) is 4.62. The van der Waals surface area contributed by atoms with E-state index in [0.29, 0.717) is 6.42 Å². The van der Waals surface area contributed by atoms with Gasteiger partial charge in [-0.1, -0.05) is 13.0 Å². The van der Waals surface area contributed by atoms with Crippen LogP contribution in [0.5, 0.6) is 11.5 Å². The molecular formula is C14H23N3O2. The number of amidine groups is 1. The number of nitrogens with two attached hydrogens (primary N) is 1. The maximum Gasteiger partial charge on any atom is 0.161 e. The molecule has 1 aromatic rings. The van der Waals surface area contributed by atoms with Gasteiger partial charge in [0.1, 0.15) is 0 Å². The molecule has 0 bridgehead atoms. The van der Waals surface area contributed by atoms with Crippen molar-refractivity contribution in [3.63, 3.8) is 0 Å². The van der Waals surface area contributed by atoms with Crippen LogP contribution in [0.25, 0.3) is 0 Å². The van der Waals surface area contributed by atoms with Crippen LogP contribution in [0.1, 0.15) is 18.9 Å². The van der Waals surface area contributed by atoms with Crippen molar-refractivity contribution in [1.29, 1.82) is 5.41 Å². The Balaban J connectivity index is 2.71. The highest BCUT2D eigenvalue weighted by molar-refractivity contribution is 5.76. The molecule has 1 aromatic carbocycles. The second-order valence-corrected chi connectivity index (χ2v) is 4.33. The second-order valence-electron chi connectivity index (χ2n) is 4.33. The van der Waals surface area contributed by atoms with E-state index in [1.54, 1.807) is 14.2 Å². The van der Waals surface area contributed by atoms with E-state index in [1.807, 2.05) is 18.2 Å². The number of hydrogen-bond donors (Lipinski definition) is 2. The van der Waals surface area contributed by atoms with Crippen molar-refractivity contribution in [3.05, 3.63) is 23.8 Å². The SMILES string of the molecule is CCN(CCC(=N)N)Cc1ccc(OC)c(OC)c1. The summed E-state index contributed by atoms with van der Waals surface area (Å²) < 4.78 is 10.5. The van der Waals surface area contributed by atoms with Gasteiger partial charge in [-0.3, -0.25) is 10.3 Å². The molecule has 0 saturated heterocycles. The van der Waals surface area contributed by atoms with Gasteiger partial charge < -0.3 is 15.2 Å². The Morgan fingerprint density at radius 2 is 1.95 bits per heavy atom. The predicted molar refractivity (Wildman–Crippen MR) is 77.0 cm³/mol. The predicted octanol–water partition coefficient (Wildman–Crippen LogP) is 1.85. The maximum absolute atomic E-state index is 7.27. The molecule has 0 aliphatic rings. The third-order valence-electron chi connectivity index (χ3n) is 3.00. The molecule has 1 rings (SSSR count). The fourth-order valence-corrected chi connectivity index (χ4v) is 1.86. The molecule has 0 amide bonds. The molecule has 0 aliphatic heterocycles. The molecule has 3 N–H and O–H groups in total. The van der Waals surface area contributed by atoms with Crippen LogP contribution >= 0.6 is 0 Å². The first kappa shape index (κ1) is 15.3. The van der Waals surface area contributed by atoms with Gasteiger partial charge in [0.25, 0.3) is 0 Å². The van der Waals surface area contributed by atoms with Crippen LogP contribution in [0.2, 0.25) is 0 Å². The summed E-state index contributed by atoms with van der Waals surface area (Å²) in [4.78, 5) is 2.24. The molecular weight excluding hydrogens is 242 g/mol. The number of hydrogen-bond acceptors (Lipinski definition) is 4. The lowest BCUT2D eigenvalue weighted by Crippen LogP contribution is -2.27. The van der Waals surface area contributed by atoms with E-state index in [2.05, 4.69) is 11.8 Å². The highest BCUT2D eigenvalue weighted by atomic mass is 16.5. The zero-order valence-electron chi connectivity index (χ0n) is 11.9.